The van der Waals surface area contributed by atoms with Gasteiger partial charge in [-0.15, -0.1) is 0 Å². The van der Waals surface area contributed by atoms with Crippen molar-refractivity contribution in [3.63, 3.8) is 0 Å². The van der Waals surface area contributed by atoms with Gasteiger partial charge in [0.05, 0.1) is 27.9 Å². The summed E-state index contributed by atoms with van der Waals surface area (Å²) in [6.45, 7) is 12.1. The van der Waals surface area contributed by atoms with Gasteiger partial charge in [-0.05, 0) is 60.5 Å². The lowest BCUT2D eigenvalue weighted by Crippen LogP contribution is -2.25. The van der Waals surface area contributed by atoms with Gasteiger partial charge in [0.1, 0.15) is 22.7 Å². The highest BCUT2D eigenvalue weighted by Crippen LogP contribution is 2.30. The van der Waals surface area contributed by atoms with E-state index in [0.717, 1.165) is 11.3 Å². The third kappa shape index (κ3) is 5.39. The second-order valence-electron chi connectivity index (χ2n) is 9.73. The lowest BCUT2D eigenvalue weighted by molar-refractivity contribution is 0.0997. The quantitative estimate of drug-likeness (QED) is 0.360. The highest BCUT2D eigenvalue weighted by Gasteiger charge is 2.21. The van der Waals surface area contributed by atoms with Crippen molar-refractivity contribution in [1.29, 1.82) is 0 Å². The number of hydrogen-bond acceptors (Lipinski definition) is 6. The van der Waals surface area contributed by atoms with E-state index in [0.29, 0.717) is 43.8 Å². The summed E-state index contributed by atoms with van der Waals surface area (Å²) in [7, 11) is 0. The molecule has 0 amide bonds. The first kappa shape index (κ1) is 26.1. The summed E-state index contributed by atoms with van der Waals surface area (Å²) in [5, 5.41) is 0.343. The molecule has 9 heteroatoms. The molecule has 0 radical (unpaired) electrons. The van der Waals surface area contributed by atoms with Gasteiger partial charge in [-0.3, -0.25) is 14.3 Å². The van der Waals surface area contributed by atoms with Crippen molar-refractivity contribution >= 4 is 27.5 Å². The van der Waals surface area contributed by atoms with Crippen molar-refractivity contribution in [2.75, 3.05) is 6.61 Å². The van der Waals surface area contributed by atoms with Gasteiger partial charge in [0.2, 0.25) is 0 Å². The fourth-order valence-corrected chi connectivity index (χ4v) is 4.37. The normalized spacial score (nSPS) is 15.4. The Morgan fingerprint density at radius 1 is 1.17 bits per heavy atom. The van der Waals surface area contributed by atoms with Gasteiger partial charge in [-0.1, -0.05) is 38.4 Å². The van der Waals surface area contributed by atoms with Gasteiger partial charge in [0.15, 0.2) is 6.10 Å². The molecule has 0 aromatic carbocycles. The molecule has 1 aliphatic heterocycles. The van der Waals surface area contributed by atoms with Crippen molar-refractivity contribution in [3.05, 3.63) is 85.4 Å². The topological polar surface area (TPSA) is 79.1 Å². The average Bonchev–Trinajstić information content (AvgIpc) is 2.81. The minimum atomic E-state index is -0.296. The predicted octanol–water partition coefficient (Wildman–Crippen LogP) is 6.26. The first-order valence-electron chi connectivity index (χ1n) is 11.5. The maximum atomic E-state index is 13.4. The minimum absolute atomic E-state index is 0.223. The second kappa shape index (κ2) is 10.2. The predicted molar refractivity (Wildman–Crippen MR) is 145 cm³/mol. The van der Waals surface area contributed by atoms with Crippen molar-refractivity contribution < 1.29 is 9.47 Å². The van der Waals surface area contributed by atoms with Crippen LogP contribution in [0.25, 0.3) is 17.1 Å². The zero-order valence-corrected chi connectivity index (χ0v) is 23.4. The van der Waals surface area contributed by atoms with E-state index in [1.54, 1.807) is 18.3 Å². The number of aryl methyl sites for hydroxylation is 2. The molecule has 0 bridgehead atoms. The fourth-order valence-electron chi connectivity index (χ4n) is 3.77. The highest BCUT2D eigenvalue weighted by molar-refractivity contribution is 9.10. The van der Waals surface area contributed by atoms with Crippen LogP contribution in [-0.2, 0) is 10.2 Å². The van der Waals surface area contributed by atoms with Crippen LogP contribution in [0.5, 0.6) is 5.75 Å². The number of ether oxygens (including phenoxy) is 2. The molecule has 4 rings (SSSR count). The smallest absolute Gasteiger partial charge is 0.273 e. The number of nitrogens with zero attached hydrogens (tertiary/aromatic N) is 4. The Hall–Kier alpha value is -2.97. The van der Waals surface area contributed by atoms with Gasteiger partial charge in [-0.2, -0.15) is 0 Å². The van der Waals surface area contributed by atoms with E-state index < -0.39 is 0 Å². The maximum Gasteiger partial charge on any atom is 0.273 e. The molecule has 3 aromatic heterocycles. The third-order valence-electron chi connectivity index (χ3n) is 5.66. The monoisotopic (exact) mass is 570 g/mol. The summed E-state index contributed by atoms with van der Waals surface area (Å²) >= 11 is 9.97. The van der Waals surface area contributed by atoms with Crippen LogP contribution in [0, 0.1) is 13.8 Å². The molecular formula is C27H28BrClN4O3. The number of rotatable bonds is 5. The molecule has 0 N–H and O–H groups in total. The first-order valence-corrected chi connectivity index (χ1v) is 12.7. The zero-order valence-electron chi connectivity index (χ0n) is 21.1. The van der Waals surface area contributed by atoms with E-state index in [-0.39, 0.29) is 23.7 Å². The van der Waals surface area contributed by atoms with Crippen molar-refractivity contribution in [1.82, 2.24) is 19.5 Å². The van der Waals surface area contributed by atoms with Crippen LogP contribution in [0.2, 0.25) is 5.02 Å². The number of halogens is 2. The van der Waals surface area contributed by atoms with Gasteiger partial charge >= 0.3 is 0 Å². The molecule has 0 aliphatic carbocycles. The van der Waals surface area contributed by atoms with Crippen LogP contribution in [0.4, 0.5) is 0 Å². The van der Waals surface area contributed by atoms with Gasteiger partial charge in [0.25, 0.3) is 5.56 Å². The summed E-state index contributed by atoms with van der Waals surface area (Å²) in [5.74, 6) is 1.96. The Kier molecular flexibility index (Phi) is 7.38. The van der Waals surface area contributed by atoms with Crippen molar-refractivity contribution in [2.45, 2.75) is 53.1 Å². The lowest BCUT2D eigenvalue weighted by atomic mass is 9.95. The molecule has 1 aliphatic rings. The van der Waals surface area contributed by atoms with E-state index in [4.69, 9.17) is 26.1 Å². The Morgan fingerprint density at radius 2 is 1.92 bits per heavy atom. The second-order valence-corrected chi connectivity index (χ2v) is 10.9. The van der Waals surface area contributed by atoms with E-state index in [2.05, 4.69) is 46.7 Å². The Bertz CT molecular complexity index is 1440. The van der Waals surface area contributed by atoms with E-state index in [1.807, 2.05) is 39.0 Å². The van der Waals surface area contributed by atoms with Crippen LogP contribution >= 0.6 is 27.5 Å². The summed E-state index contributed by atoms with van der Waals surface area (Å²) in [5.41, 5.74) is 2.82. The number of pyridine rings is 2. The Morgan fingerprint density at radius 3 is 2.61 bits per heavy atom. The van der Waals surface area contributed by atoms with Crippen LogP contribution in [0.1, 0.15) is 44.8 Å². The summed E-state index contributed by atoms with van der Waals surface area (Å²) in [4.78, 5) is 27.2. The van der Waals surface area contributed by atoms with Crippen LogP contribution in [-0.4, -0.2) is 32.2 Å². The van der Waals surface area contributed by atoms with Gasteiger partial charge in [0, 0.05) is 29.6 Å². The molecule has 0 saturated heterocycles. The number of hydrogen-bond donors (Lipinski definition) is 0. The Labute approximate surface area is 224 Å². The molecule has 188 valence electrons. The van der Waals surface area contributed by atoms with Crippen molar-refractivity contribution in [2.24, 2.45) is 0 Å². The molecule has 1 unspecified atom stereocenters. The van der Waals surface area contributed by atoms with E-state index in [9.17, 15) is 4.79 Å². The maximum absolute atomic E-state index is 13.4. The molecular weight excluding hydrogens is 544 g/mol. The highest BCUT2D eigenvalue weighted by atomic mass is 79.9. The van der Waals surface area contributed by atoms with Crippen LogP contribution in [0.15, 0.2) is 57.8 Å². The molecule has 0 spiro atoms. The first-order chi connectivity index (χ1) is 17.0. The van der Waals surface area contributed by atoms with Crippen molar-refractivity contribution in [3.8, 4) is 22.8 Å². The average molecular weight is 572 g/mol. The molecule has 3 aromatic rings. The zero-order chi connectivity index (χ0) is 26.2. The van der Waals surface area contributed by atoms with Gasteiger partial charge in [-0.25, -0.2) is 9.97 Å². The van der Waals surface area contributed by atoms with Crippen LogP contribution in [0.3, 0.4) is 0 Å². The fraction of sp³-hybridized carbons (Fsp3) is 0.333. The van der Waals surface area contributed by atoms with Crippen LogP contribution < -0.4 is 10.3 Å². The number of allylic oxidation sites excluding steroid dienone is 3. The van der Waals surface area contributed by atoms with E-state index >= 15 is 0 Å². The third-order valence-corrected chi connectivity index (χ3v) is 6.68. The Balaban J connectivity index is 1.72. The molecule has 36 heavy (non-hydrogen) atoms. The SMILES string of the molecule is CC1=CC=CC(COc2cc(C)n(-c3cc(-c4nc(C(C)(C)C)ncc4C)ncc3Cl)c(=O)c2Br)O1. The summed E-state index contributed by atoms with van der Waals surface area (Å²) in [6, 6.07) is 3.58. The summed E-state index contributed by atoms with van der Waals surface area (Å²) in [6.07, 6.45) is 8.83. The lowest BCUT2D eigenvalue weighted by Gasteiger charge is -2.21. The molecule has 0 saturated carbocycles. The van der Waals surface area contributed by atoms with Gasteiger partial charge < -0.3 is 9.47 Å². The largest absolute Gasteiger partial charge is 0.488 e. The standard InChI is InChI=1S/C27H28BrClN4O3/c1-15-12-31-26(27(4,5)6)32-24(15)20-11-21(19(29)13-30-20)33-16(2)10-22(23(28)25(33)34)35-14-18-9-7-8-17(3)36-18/h7-13,18H,14H2,1-6H3. The molecule has 4 heterocycles. The molecule has 7 nitrogen and oxygen atoms in total. The number of aromatic nitrogens is 4. The summed E-state index contributed by atoms with van der Waals surface area (Å²) < 4.78 is 13.5. The van der Waals surface area contributed by atoms with E-state index in [1.165, 1.54) is 10.8 Å². The minimum Gasteiger partial charge on any atom is -0.488 e. The molecule has 1 atom stereocenters. The molecule has 0 fully saturated rings.